The Kier molecular flexibility index (Phi) is 4.75. The number of thiophene rings is 1. The van der Waals surface area contributed by atoms with E-state index in [0.717, 1.165) is 4.88 Å². The van der Waals surface area contributed by atoms with Crippen LogP contribution in [0.3, 0.4) is 0 Å². The van der Waals surface area contributed by atoms with Crippen molar-refractivity contribution >= 4 is 28.9 Å². The standard InChI is InChI=1S/C14H13ClFNO2S/c1-17(8-11-3-5-13(15)20-11)7-10-6-9(14(18)19)2-4-12(10)16/h2-6H,7-8H2,1H3,(H,18,19). The van der Waals surface area contributed by atoms with Crippen LogP contribution in [0.25, 0.3) is 0 Å². The van der Waals surface area contributed by atoms with Crippen LogP contribution in [0.4, 0.5) is 4.39 Å². The molecule has 20 heavy (non-hydrogen) atoms. The number of aromatic carboxylic acids is 1. The maximum absolute atomic E-state index is 13.7. The molecule has 0 bridgehead atoms. The highest BCUT2D eigenvalue weighted by molar-refractivity contribution is 7.16. The molecule has 0 aliphatic carbocycles. The second-order valence-corrected chi connectivity index (χ2v) is 6.29. The first-order valence-corrected chi connectivity index (χ1v) is 7.09. The molecule has 0 aliphatic heterocycles. The quantitative estimate of drug-likeness (QED) is 0.911. The van der Waals surface area contributed by atoms with Gasteiger partial charge >= 0.3 is 5.97 Å². The molecule has 0 saturated heterocycles. The van der Waals surface area contributed by atoms with Gasteiger partial charge in [-0.2, -0.15) is 0 Å². The Morgan fingerprint density at radius 2 is 2.10 bits per heavy atom. The van der Waals surface area contributed by atoms with E-state index >= 15 is 0 Å². The Balaban J connectivity index is 2.08. The first kappa shape index (κ1) is 15.0. The highest BCUT2D eigenvalue weighted by atomic mass is 35.5. The molecule has 3 nitrogen and oxygen atoms in total. The van der Waals surface area contributed by atoms with Crippen LogP contribution in [0.2, 0.25) is 4.34 Å². The van der Waals surface area contributed by atoms with E-state index in [1.807, 2.05) is 24.1 Å². The van der Waals surface area contributed by atoms with Crippen molar-refractivity contribution in [3.8, 4) is 0 Å². The summed E-state index contributed by atoms with van der Waals surface area (Å²) in [5.74, 6) is -1.45. The number of carboxylic acids is 1. The number of hydrogen-bond acceptors (Lipinski definition) is 3. The Hall–Kier alpha value is -1.43. The highest BCUT2D eigenvalue weighted by Crippen LogP contribution is 2.23. The van der Waals surface area contributed by atoms with Gasteiger partial charge in [0.15, 0.2) is 0 Å². The van der Waals surface area contributed by atoms with Gasteiger partial charge in [-0.25, -0.2) is 9.18 Å². The molecule has 0 unspecified atom stereocenters. The zero-order valence-corrected chi connectivity index (χ0v) is 12.3. The van der Waals surface area contributed by atoms with Gasteiger partial charge in [-0.3, -0.25) is 4.90 Å². The second kappa shape index (κ2) is 6.35. The molecule has 1 heterocycles. The molecule has 0 aliphatic rings. The molecule has 0 atom stereocenters. The number of rotatable bonds is 5. The molecule has 2 rings (SSSR count). The summed E-state index contributed by atoms with van der Waals surface area (Å²) >= 11 is 7.33. The Bertz CT molecular complexity index is 629. The van der Waals surface area contributed by atoms with E-state index in [2.05, 4.69) is 0 Å². The van der Waals surface area contributed by atoms with Gasteiger partial charge in [0.1, 0.15) is 5.82 Å². The molecule has 1 aromatic heterocycles. The van der Waals surface area contributed by atoms with Crippen molar-refractivity contribution in [3.63, 3.8) is 0 Å². The summed E-state index contributed by atoms with van der Waals surface area (Å²) in [5, 5.41) is 8.92. The smallest absolute Gasteiger partial charge is 0.335 e. The van der Waals surface area contributed by atoms with E-state index in [-0.39, 0.29) is 5.56 Å². The lowest BCUT2D eigenvalue weighted by atomic mass is 10.1. The largest absolute Gasteiger partial charge is 0.478 e. The van der Waals surface area contributed by atoms with Crippen LogP contribution >= 0.6 is 22.9 Å². The predicted molar refractivity (Wildman–Crippen MR) is 77.9 cm³/mol. The number of nitrogens with zero attached hydrogens (tertiary/aromatic N) is 1. The zero-order valence-electron chi connectivity index (χ0n) is 10.8. The maximum atomic E-state index is 13.7. The van der Waals surface area contributed by atoms with Gasteiger partial charge < -0.3 is 5.11 Å². The Morgan fingerprint density at radius 3 is 2.70 bits per heavy atom. The van der Waals surface area contributed by atoms with Gasteiger partial charge in [0, 0.05) is 23.5 Å². The number of halogens is 2. The van der Waals surface area contributed by atoms with Gasteiger partial charge in [-0.05, 0) is 37.4 Å². The van der Waals surface area contributed by atoms with E-state index < -0.39 is 11.8 Å². The minimum Gasteiger partial charge on any atom is -0.478 e. The molecule has 1 aromatic carbocycles. The fourth-order valence-corrected chi connectivity index (χ4v) is 3.05. The van der Waals surface area contributed by atoms with Crippen LogP contribution in [0.1, 0.15) is 20.8 Å². The van der Waals surface area contributed by atoms with E-state index in [1.165, 1.54) is 29.5 Å². The fourth-order valence-electron chi connectivity index (χ4n) is 1.88. The van der Waals surface area contributed by atoms with Gasteiger partial charge in [0.2, 0.25) is 0 Å². The molecule has 106 valence electrons. The molecular formula is C14H13ClFNO2S. The van der Waals surface area contributed by atoms with E-state index in [9.17, 15) is 9.18 Å². The van der Waals surface area contributed by atoms with Gasteiger partial charge in [0.05, 0.1) is 9.90 Å². The zero-order chi connectivity index (χ0) is 14.7. The van der Waals surface area contributed by atoms with Crippen molar-refractivity contribution in [2.45, 2.75) is 13.1 Å². The second-order valence-electron chi connectivity index (χ2n) is 4.49. The van der Waals surface area contributed by atoms with Crippen LogP contribution in [0, 0.1) is 5.82 Å². The van der Waals surface area contributed by atoms with Crippen LogP contribution in [0.15, 0.2) is 30.3 Å². The highest BCUT2D eigenvalue weighted by Gasteiger charge is 2.11. The van der Waals surface area contributed by atoms with Crippen molar-refractivity contribution in [1.29, 1.82) is 0 Å². The van der Waals surface area contributed by atoms with Gasteiger partial charge in [-0.1, -0.05) is 11.6 Å². The summed E-state index contributed by atoms with van der Waals surface area (Å²) in [7, 11) is 1.85. The third-order valence-corrected chi connectivity index (χ3v) is 4.00. The predicted octanol–water partition coefficient (Wildman–Crippen LogP) is 3.87. The lowest BCUT2D eigenvalue weighted by Crippen LogP contribution is -2.17. The van der Waals surface area contributed by atoms with Crippen molar-refractivity contribution in [2.24, 2.45) is 0 Å². The topological polar surface area (TPSA) is 40.5 Å². The van der Waals surface area contributed by atoms with Gasteiger partial charge in [-0.15, -0.1) is 11.3 Å². The Labute approximate surface area is 125 Å². The molecule has 0 saturated carbocycles. The first-order chi connectivity index (χ1) is 9.45. The summed E-state index contributed by atoms with van der Waals surface area (Å²) < 4.78 is 14.4. The molecule has 0 spiro atoms. The summed E-state index contributed by atoms with van der Waals surface area (Å²) in [6.45, 7) is 0.969. The molecular weight excluding hydrogens is 301 g/mol. The van der Waals surface area contributed by atoms with Crippen molar-refractivity contribution < 1.29 is 14.3 Å². The van der Waals surface area contributed by atoms with Crippen LogP contribution in [0.5, 0.6) is 0 Å². The minimum atomic E-state index is -1.06. The number of benzene rings is 1. The summed E-state index contributed by atoms with van der Waals surface area (Å²) in [6, 6.07) is 7.57. The van der Waals surface area contributed by atoms with Crippen molar-refractivity contribution in [3.05, 3.63) is 56.5 Å². The van der Waals surface area contributed by atoms with Crippen molar-refractivity contribution in [2.75, 3.05) is 7.05 Å². The molecule has 6 heteroatoms. The fraction of sp³-hybridized carbons (Fsp3) is 0.214. The molecule has 0 amide bonds. The van der Waals surface area contributed by atoms with Crippen molar-refractivity contribution in [1.82, 2.24) is 4.90 Å². The SMILES string of the molecule is CN(Cc1ccc(Cl)s1)Cc1cc(C(=O)O)ccc1F. The van der Waals surface area contributed by atoms with Crippen LogP contribution in [-0.2, 0) is 13.1 Å². The van der Waals surface area contributed by atoms with E-state index in [1.54, 1.807) is 0 Å². The van der Waals surface area contributed by atoms with Gasteiger partial charge in [0.25, 0.3) is 0 Å². The lowest BCUT2D eigenvalue weighted by Gasteiger charge is -2.16. The summed E-state index contributed by atoms with van der Waals surface area (Å²) in [4.78, 5) is 13.9. The number of carboxylic acid groups (broad SMARTS) is 1. The monoisotopic (exact) mass is 313 g/mol. The summed E-state index contributed by atoms with van der Waals surface area (Å²) in [6.07, 6.45) is 0. The Morgan fingerprint density at radius 1 is 1.35 bits per heavy atom. The third kappa shape index (κ3) is 3.79. The molecule has 1 N–H and O–H groups in total. The van der Waals surface area contributed by atoms with E-state index in [4.69, 9.17) is 16.7 Å². The number of hydrogen-bond donors (Lipinski definition) is 1. The maximum Gasteiger partial charge on any atom is 0.335 e. The van der Waals surface area contributed by atoms with Crippen LogP contribution in [-0.4, -0.2) is 23.0 Å². The number of carbonyl (C=O) groups is 1. The van der Waals surface area contributed by atoms with E-state index in [0.29, 0.717) is 23.0 Å². The normalized spacial score (nSPS) is 11.0. The molecule has 2 aromatic rings. The van der Waals surface area contributed by atoms with Crippen LogP contribution < -0.4 is 0 Å². The average Bonchev–Trinajstić information content (AvgIpc) is 2.77. The summed E-state index contributed by atoms with van der Waals surface area (Å²) in [5.41, 5.74) is 0.462. The third-order valence-electron chi connectivity index (χ3n) is 2.79. The lowest BCUT2D eigenvalue weighted by molar-refractivity contribution is 0.0696. The molecule has 0 radical (unpaired) electrons. The first-order valence-electron chi connectivity index (χ1n) is 5.90. The average molecular weight is 314 g/mol. The molecule has 0 fully saturated rings. The minimum absolute atomic E-state index is 0.0916.